The Bertz CT molecular complexity index is 833. The molecule has 104 valence electrons. The second kappa shape index (κ2) is 3.95. The second-order valence-corrected chi connectivity index (χ2v) is 8.25. The number of fused-ring (bicyclic) bond motifs is 3. The third-order valence-electron chi connectivity index (χ3n) is 4.49. The van der Waals surface area contributed by atoms with E-state index >= 15 is 0 Å². The van der Waals surface area contributed by atoms with Crippen molar-refractivity contribution in [3.05, 3.63) is 36.0 Å². The smallest absolute Gasteiger partial charge is 0.159 e. The van der Waals surface area contributed by atoms with Crippen molar-refractivity contribution >= 4 is 26.3 Å². The summed E-state index contributed by atoms with van der Waals surface area (Å²) in [6.07, 6.45) is 6.18. The van der Waals surface area contributed by atoms with E-state index in [1.807, 2.05) is 19.3 Å². The molecule has 2 aliphatic heterocycles. The van der Waals surface area contributed by atoms with Crippen LogP contribution in [0.3, 0.4) is 0 Å². The van der Waals surface area contributed by atoms with Crippen molar-refractivity contribution in [2.24, 2.45) is 7.05 Å². The molecule has 5 heteroatoms. The van der Waals surface area contributed by atoms with Gasteiger partial charge in [-0.3, -0.25) is 4.68 Å². The summed E-state index contributed by atoms with van der Waals surface area (Å²) in [5.41, 5.74) is 3.24. The van der Waals surface area contributed by atoms with Crippen LogP contribution in [0.15, 0.2) is 30.5 Å². The number of rotatable bonds is 1. The zero-order valence-corrected chi connectivity index (χ0v) is 12.1. The predicted molar refractivity (Wildman–Crippen MR) is 79.0 cm³/mol. The maximum absolute atomic E-state index is 12.1. The van der Waals surface area contributed by atoms with Crippen molar-refractivity contribution in [3.8, 4) is 0 Å². The Balaban J connectivity index is 1.80. The van der Waals surface area contributed by atoms with Crippen molar-refractivity contribution < 1.29 is 8.42 Å². The van der Waals surface area contributed by atoms with Gasteiger partial charge in [-0.05, 0) is 36.5 Å². The van der Waals surface area contributed by atoms with Gasteiger partial charge < -0.3 is 0 Å². The number of hydrogen-bond donors (Lipinski definition) is 0. The minimum atomic E-state index is -2.90. The first kappa shape index (κ1) is 12.1. The summed E-state index contributed by atoms with van der Waals surface area (Å²) in [7, 11) is -0.995. The van der Waals surface area contributed by atoms with Gasteiger partial charge >= 0.3 is 0 Å². The first-order chi connectivity index (χ1) is 9.54. The Hall–Kier alpha value is -1.62. The van der Waals surface area contributed by atoms with Crippen molar-refractivity contribution in [3.63, 3.8) is 0 Å². The number of benzene rings is 1. The van der Waals surface area contributed by atoms with Gasteiger partial charge in [0.15, 0.2) is 9.84 Å². The molecule has 0 N–H and O–H groups in total. The highest BCUT2D eigenvalue weighted by Gasteiger charge is 2.43. The highest BCUT2D eigenvalue weighted by atomic mass is 32.2. The molecule has 1 fully saturated rings. The van der Waals surface area contributed by atoms with Crippen LogP contribution in [0.5, 0.6) is 0 Å². The van der Waals surface area contributed by atoms with Crippen LogP contribution >= 0.6 is 0 Å². The summed E-state index contributed by atoms with van der Waals surface area (Å²) in [5, 5.41) is 5.09. The summed E-state index contributed by atoms with van der Waals surface area (Å²) in [4.78, 5) is 0. The lowest BCUT2D eigenvalue weighted by atomic mass is 10.00. The van der Waals surface area contributed by atoms with E-state index in [0.29, 0.717) is 6.42 Å². The molecule has 0 amide bonds. The first-order valence-electron chi connectivity index (χ1n) is 6.91. The fourth-order valence-corrected chi connectivity index (χ4v) is 5.60. The number of nitrogens with zero attached hydrogens (tertiary/aromatic N) is 2. The molecule has 4 rings (SSSR count). The standard InChI is InChI=1S/C15H16N2O2S/c1-17-9-11-3-2-10(8-15(11)16-17)12-6-13-4-5-14(7-12)20(13,18)19/h2-3,6,8-9,13-14H,4-5,7H2,1H3. The number of aryl methyl sites for hydroxylation is 1. The zero-order valence-electron chi connectivity index (χ0n) is 11.3. The average Bonchev–Trinajstić information content (AvgIpc) is 2.79. The second-order valence-electron chi connectivity index (χ2n) is 5.80. The van der Waals surface area contributed by atoms with Crippen LogP contribution in [0.2, 0.25) is 0 Å². The van der Waals surface area contributed by atoms with Crippen LogP contribution in [0.4, 0.5) is 0 Å². The summed E-state index contributed by atoms with van der Waals surface area (Å²) < 4.78 is 26.0. The van der Waals surface area contributed by atoms with Crippen LogP contribution in [0.25, 0.3) is 16.5 Å². The molecular formula is C15H16N2O2S. The molecule has 2 aromatic rings. The molecule has 2 aliphatic rings. The minimum absolute atomic E-state index is 0.174. The van der Waals surface area contributed by atoms with E-state index in [2.05, 4.69) is 23.3 Å². The highest BCUT2D eigenvalue weighted by Crippen LogP contribution is 2.41. The number of aromatic nitrogens is 2. The van der Waals surface area contributed by atoms with Crippen LogP contribution in [-0.2, 0) is 16.9 Å². The van der Waals surface area contributed by atoms with Gasteiger partial charge in [0, 0.05) is 18.6 Å². The molecule has 0 saturated carbocycles. The normalized spacial score (nSPS) is 27.8. The van der Waals surface area contributed by atoms with E-state index < -0.39 is 9.84 Å². The number of hydrogen-bond acceptors (Lipinski definition) is 3. The molecule has 2 bridgehead atoms. The van der Waals surface area contributed by atoms with E-state index in [0.717, 1.165) is 29.3 Å². The Morgan fingerprint density at radius 2 is 2.15 bits per heavy atom. The zero-order chi connectivity index (χ0) is 13.9. The topological polar surface area (TPSA) is 52.0 Å². The number of allylic oxidation sites excluding steroid dienone is 1. The van der Waals surface area contributed by atoms with E-state index in [1.54, 1.807) is 4.68 Å². The van der Waals surface area contributed by atoms with Gasteiger partial charge in [0.2, 0.25) is 0 Å². The minimum Gasteiger partial charge on any atom is -0.275 e. The summed E-state index contributed by atoms with van der Waals surface area (Å²) in [6.45, 7) is 0. The van der Waals surface area contributed by atoms with Crippen molar-refractivity contribution in [1.29, 1.82) is 0 Å². The van der Waals surface area contributed by atoms with Gasteiger partial charge in [-0.15, -0.1) is 0 Å². The fraction of sp³-hybridized carbons (Fsp3) is 0.400. The molecule has 3 heterocycles. The largest absolute Gasteiger partial charge is 0.275 e. The molecule has 20 heavy (non-hydrogen) atoms. The molecule has 2 atom stereocenters. The van der Waals surface area contributed by atoms with Crippen LogP contribution in [-0.4, -0.2) is 28.7 Å². The molecule has 4 nitrogen and oxygen atoms in total. The maximum Gasteiger partial charge on any atom is 0.159 e. The molecule has 1 aromatic carbocycles. The van der Waals surface area contributed by atoms with E-state index in [1.165, 1.54) is 5.57 Å². The van der Waals surface area contributed by atoms with Crippen LogP contribution in [0.1, 0.15) is 24.8 Å². The molecule has 2 unspecified atom stereocenters. The lowest BCUT2D eigenvalue weighted by Crippen LogP contribution is -2.26. The van der Waals surface area contributed by atoms with Gasteiger partial charge in [-0.1, -0.05) is 18.2 Å². The van der Waals surface area contributed by atoms with Gasteiger partial charge in [-0.2, -0.15) is 5.10 Å². The first-order valence-corrected chi connectivity index (χ1v) is 8.52. The lowest BCUT2D eigenvalue weighted by Gasteiger charge is -2.20. The Kier molecular flexibility index (Phi) is 2.40. The third-order valence-corrected chi connectivity index (χ3v) is 7.03. The summed E-state index contributed by atoms with van der Waals surface area (Å²) >= 11 is 0. The average molecular weight is 288 g/mol. The van der Waals surface area contributed by atoms with Crippen molar-refractivity contribution in [2.45, 2.75) is 29.8 Å². The molecular weight excluding hydrogens is 272 g/mol. The summed E-state index contributed by atoms with van der Waals surface area (Å²) in [6, 6.07) is 6.20. The SMILES string of the molecule is Cn1cc2ccc(C3=CC4CCC(C3)S4(=O)=O)cc2n1. The van der Waals surface area contributed by atoms with Crippen LogP contribution < -0.4 is 0 Å². The molecule has 1 saturated heterocycles. The van der Waals surface area contributed by atoms with Crippen molar-refractivity contribution in [1.82, 2.24) is 9.78 Å². The fourth-order valence-electron chi connectivity index (χ4n) is 3.41. The Labute approximate surface area is 118 Å². The van der Waals surface area contributed by atoms with Gasteiger partial charge in [0.25, 0.3) is 0 Å². The van der Waals surface area contributed by atoms with Gasteiger partial charge in [0.1, 0.15) is 0 Å². The molecule has 0 spiro atoms. The van der Waals surface area contributed by atoms with Gasteiger partial charge in [0.05, 0.1) is 16.0 Å². The highest BCUT2D eigenvalue weighted by molar-refractivity contribution is 7.93. The molecule has 0 radical (unpaired) electrons. The van der Waals surface area contributed by atoms with Gasteiger partial charge in [-0.25, -0.2) is 8.42 Å². The Morgan fingerprint density at radius 1 is 1.30 bits per heavy atom. The van der Waals surface area contributed by atoms with E-state index in [-0.39, 0.29) is 10.5 Å². The Morgan fingerprint density at radius 3 is 2.95 bits per heavy atom. The quantitative estimate of drug-likeness (QED) is 0.809. The third kappa shape index (κ3) is 1.66. The van der Waals surface area contributed by atoms with Crippen molar-refractivity contribution in [2.75, 3.05) is 0 Å². The predicted octanol–water partition coefficient (Wildman–Crippen LogP) is 2.31. The molecule has 0 aliphatic carbocycles. The summed E-state index contributed by atoms with van der Waals surface area (Å²) in [5.74, 6) is 0. The lowest BCUT2D eigenvalue weighted by molar-refractivity contribution is 0.585. The molecule has 1 aromatic heterocycles. The van der Waals surface area contributed by atoms with Crippen LogP contribution in [0, 0.1) is 0 Å². The van der Waals surface area contributed by atoms with E-state index in [9.17, 15) is 8.42 Å². The van der Waals surface area contributed by atoms with E-state index in [4.69, 9.17) is 0 Å². The number of sulfone groups is 1. The monoisotopic (exact) mass is 288 g/mol. The maximum atomic E-state index is 12.1.